The van der Waals surface area contributed by atoms with Gasteiger partial charge in [-0.3, -0.25) is 14.1 Å². The van der Waals surface area contributed by atoms with Crippen molar-refractivity contribution in [3.63, 3.8) is 0 Å². The van der Waals surface area contributed by atoms with E-state index in [1.807, 2.05) is 0 Å². The number of rotatable bonds is 7. The van der Waals surface area contributed by atoms with Gasteiger partial charge < -0.3 is 9.47 Å². The number of hydrogen-bond donors (Lipinski definition) is 1. The summed E-state index contributed by atoms with van der Waals surface area (Å²) in [5.74, 6) is 0.198. The van der Waals surface area contributed by atoms with Gasteiger partial charge in [-0.15, -0.1) is 0 Å². The maximum atomic E-state index is 13.0. The van der Waals surface area contributed by atoms with Gasteiger partial charge in [-0.1, -0.05) is 0 Å². The molecular formula is C16H22F2O7S. The average Bonchev–Trinajstić information content (AvgIpc) is 2.50. The number of carbonyl (C=O) groups is 2. The number of ether oxygens (including phenoxy) is 2. The summed E-state index contributed by atoms with van der Waals surface area (Å²) in [5, 5.41) is -4.57. The SMILES string of the molecule is O=C(CCOC(=O)C12CC3CC(CC(C3)C1)C2)OCC(F)(F)S(=O)(=O)O. The van der Waals surface area contributed by atoms with Gasteiger partial charge in [-0.2, -0.15) is 17.2 Å². The largest absolute Gasteiger partial charge is 0.465 e. The lowest BCUT2D eigenvalue weighted by molar-refractivity contribution is -0.172. The third-order valence-corrected chi connectivity index (χ3v) is 6.66. The van der Waals surface area contributed by atoms with Crippen molar-refractivity contribution in [1.29, 1.82) is 0 Å². The number of halogens is 2. The van der Waals surface area contributed by atoms with E-state index in [9.17, 15) is 26.8 Å². The van der Waals surface area contributed by atoms with Crippen LogP contribution in [0.3, 0.4) is 0 Å². The zero-order chi connectivity index (χ0) is 19.2. The Balaban J connectivity index is 1.44. The molecule has 0 atom stereocenters. The molecular weight excluding hydrogens is 374 g/mol. The standard InChI is InChI=1S/C16H22F2O7S/c17-16(18,26(21,22)23)9-25-13(19)1-2-24-14(20)15-6-10-3-11(7-15)5-12(4-10)8-15/h10-12H,1-9H2,(H,21,22,23). The molecule has 1 N–H and O–H groups in total. The monoisotopic (exact) mass is 396 g/mol. The summed E-state index contributed by atoms with van der Waals surface area (Å²) in [6, 6.07) is 0. The smallest absolute Gasteiger partial charge is 0.402 e. The number of alkyl halides is 2. The minimum atomic E-state index is -5.65. The van der Waals surface area contributed by atoms with Crippen LogP contribution in [0.1, 0.15) is 44.9 Å². The van der Waals surface area contributed by atoms with Crippen LogP contribution in [0, 0.1) is 23.2 Å². The van der Waals surface area contributed by atoms with Gasteiger partial charge in [0.05, 0.1) is 11.8 Å². The van der Waals surface area contributed by atoms with E-state index in [1.54, 1.807) is 0 Å². The maximum Gasteiger partial charge on any atom is 0.402 e. The first-order valence-electron chi connectivity index (χ1n) is 8.68. The molecule has 0 heterocycles. The molecule has 0 spiro atoms. The van der Waals surface area contributed by atoms with Gasteiger partial charge >= 0.3 is 27.3 Å². The Morgan fingerprint density at radius 1 is 1.04 bits per heavy atom. The second-order valence-corrected chi connectivity index (χ2v) is 9.40. The van der Waals surface area contributed by atoms with Crippen LogP contribution < -0.4 is 0 Å². The molecule has 10 heteroatoms. The molecule has 0 aliphatic heterocycles. The first kappa shape index (κ1) is 19.5. The van der Waals surface area contributed by atoms with E-state index in [0.717, 1.165) is 19.3 Å². The Bertz CT molecular complexity index is 653. The quantitative estimate of drug-likeness (QED) is 0.519. The third kappa shape index (κ3) is 3.85. The van der Waals surface area contributed by atoms with Crippen molar-refractivity contribution in [3.8, 4) is 0 Å². The van der Waals surface area contributed by atoms with E-state index in [2.05, 4.69) is 4.74 Å². The summed E-state index contributed by atoms with van der Waals surface area (Å²) in [6.45, 7) is -2.09. The molecule has 4 fully saturated rings. The van der Waals surface area contributed by atoms with Gasteiger partial charge in [-0.25, -0.2) is 0 Å². The van der Waals surface area contributed by atoms with Gasteiger partial charge in [0.15, 0.2) is 6.61 Å². The molecule has 4 rings (SSSR count). The molecule has 0 unspecified atom stereocenters. The normalized spacial score (nSPS) is 33.1. The van der Waals surface area contributed by atoms with Crippen molar-refractivity contribution in [2.45, 2.75) is 50.2 Å². The molecule has 4 bridgehead atoms. The molecule has 0 radical (unpaired) electrons. The minimum absolute atomic E-state index is 0.309. The lowest BCUT2D eigenvalue weighted by atomic mass is 9.49. The van der Waals surface area contributed by atoms with Crippen molar-refractivity contribution in [1.82, 2.24) is 0 Å². The maximum absolute atomic E-state index is 13.0. The fourth-order valence-corrected chi connectivity index (χ4v) is 5.26. The number of carbonyl (C=O) groups excluding carboxylic acids is 2. The molecule has 26 heavy (non-hydrogen) atoms. The van der Waals surface area contributed by atoms with Crippen LogP contribution in [-0.2, 0) is 29.2 Å². The molecule has 0 amide bonds. The Labute approximate surface area is 150 Å². The highest BCUT2D eigenvalue weighted by Gasteiger charge is 2.55. The fraction of sp³-hybridized carbons (Fsp3) is 0.875. The molecule has 4 saturated carbocycles. The second-order valence-electron chi connectivity index (χ2n) is 7.86. The molecule has 0 aromatic heterocycles. The van der Waals surface area contributed by atoms with E-state index in [1.165, 1.54) is 19.3 Å². The molecule has 0 aromatic rings. The highest BCUT2D eigenvalue weighted by atomic mass is 32.2. The van der Waals surface area contributed by atoms with E-state index >= 15 is 0 Å². The van der Waals surface area contributed by atoms with E-state index in [4.69, 9.17) is 9.29 Å². The summed E-state index contributed by atoms with van der Waals surface area (Å²) in [4.78, 5) is 23.9. The zero-order valence-electron chi connectivity index (χ0n) is 14.2. The van der Waals surface area contributed by atoms with Crippen LogP contribution in [0.2, 0.25) is 0 Å². The van der Waals surface area contributed by atoms with E-state index in [-0.39, 0.29) is 12.6 Å². The fourth-order valence-electron chi connectivity index (χ4n) is 5.05. The Kier molecular flexibility index (Phi) is 5.02. The van der Waals surface area contributed by atoms with Crippen molar-refractivity contribution >= 4 is 22.1 Å². The Hall–Kier alpha value is -1.29. The molecule has 148 valence electrons. The van der Waals surface area contributed by atoms with Crippen LogP contribution in [0.4, 0.5) is 8.78 Å². The average molecular weight is 396 g/mol. The lowest BCUT2D eigenvalue weighted by Crippen LogP contribution is -2.50. The van der Waals surface area contributed by atoms with Gasteiger partial charge in [0.2, 0.25) is 0 Å². The summed E-state index contributed by atoms with van der Waals surface area (Å²) in [6.07, 6.45) is 5.47. The number of esters is 2. The Morgan fingerprint density at radius 3 is 2.00 bits per heavy atom. The lowest BCUT2D eigenvalue weighted by Gasteiger charge is -2.55. The van der Waals surface area contributed by atoms with E-state index < -0.39 is 39.8 Å². The van der Waals surface area contributed by atoms with Crippen molar-refractivity contribution in [3.05, 3.63) is 0 Å². The molecule has 4 aliphatic rings. The summed E-state index contributed by atoms with van der Waals surface area (Å²) in [7, 11) is -5.65. The van der Waals surface area contributed by atoms with Gasteiger partial charge in [0.1, 0.15) is 6.61 Å². The summed E-state index contributed by atoms with van der Waals surface area (Å²) >= 11 is 0. The predicted octanol–water partition coefficient (Wildman–Crippen LogP) is 2.16. The zero-order valence-corrected chi connectivity index (χ0v) is 15.0. The van der Waals surface area contributed by atoms with Crippen LogP contribution in [0.15, 0.2) is 0 Å². The topological polar surface area (TPSA) is 107 Å². The summed E-state index contributed by atoms with van der Waals surface area (Å²) in [5.41, 5.74) is -0.476. The van der Waals surface area contributed by atoms with Crippen molar-refractivity contribution in [2.24, 2.45) is 23.2 Å². The van der Waals surface area contributed by atoms with Crippen LogP contribution in [0.5, 0.6) is 0 Å². The van der Waals surface area contributed by atoms with Crippen LogP contribution >= 0.6 is 0 Å². The van der Waals surface area contributed by atoms with Gasteiger partial charge in [0, 0.05) is 0 Å². The molecule has 0 saturated heterocycles. The molecule has 7 nitrogen and oxygen atoms in total. The summed E-state index contributed by atoms with van der Waals surface area (Å²) < 4.78 is 64.4. The first-order valence-corrected chi connectivity index (χ1v) is 10.1. The van der Waals surface area contributed by atoms with Crippen molar-refractivity contribution < 1.29 is 40.8 Å². The minimum Gasteiger partial charge on any atom is -0.465 e. The highest BCUT2D eigenvalue weighted by molar-refractivity contribution is 7.86. The third-order valence-electron chi connectivity index (χ3n) is 5.79. The second kappa shape index (κ2) is 6.70. The van der Waals surface area contributed by atoms with E-state index in [0.29, 0.717) is 17.8 Å². The predicted molar refractivity (Wildman–Crippen MR) is 83.6 cm³/mol. The van der Waals surface area contributed by atoms with Crippen LogP contribution in [0.25, 0.3) is 0 Å². The van der Waals surface area contributed by atoms with Crippen molar-refractivity contribution in [2.75, 3.05) is 13.2 Å². The molecule has 4 aliphatic carbocycles. The first-order chi connectivity index (χ1) is 12.0. The Morgan fingerprint density at radius 2 is 1.54 bits per heavy atom. The highest BCUT2D eigenvalue weighted by Crippen LogP contribution is 2.60. The van der Waals surface area contributed by atoms with Crippen LogP contribution in [-0.4, -0.2) is 43.4 Å². The molecule has 0 aromatic carbocycles. The van der Waals surface area contributed by atoms with Gasteiger partial charge in [-0.05, 0) is 56.3 Å². The number of hydrogen-bond acceptors (Lipinski definition) is 6. The van der Waals surface area contributed by atoms with Gasteiger partial charge in [0.25, 0.3) is 0 Å².